The second kappa shape index (κ2) is 5.54. The molecule has 76 valence electrons. The molecule has 0 fully saturated rings. The summed E-state index contributed by atoms with van der Waals surface area (Å²) in [5, 5.41) is 0. The van der Waals surface area contributed by atoms with Crippen LogP contribution < -0.4 is 0 Å². The van der Waals surface area contributed by atoms with E-state index in [1.54, 1.807) is 6.08 Å². The van der Waals surface area contributed by atoms with E-state index >= 15 is 0 Å². The monoisotopic (exact) mass is 202 g/mol. The molecule has 0 heterocycles. The Balaban J connectivity index is 2.55. The zero-order valence-corrected chi connectivity index (χ0v) is 8.05. The fraction of sp³-hybridized carbons (Fsp3) is 0. The standard InChI is InChI=1S/C12H10O3/c1-2-11(13)15-12(14)9-8-10-6-4-3-5-7-10/h2-9H,1H2/b9-8+. The van der Waals surface area contributed by atoms with Crippen molar-refractivity contribution in [1.29, 1.82) is 0 Å². The summed E-state index contributed by atoms with van der Waals surface area (Å²) in [7, 11) is 0. The molecular formula is C12H10O3. The van der Waals surface area contributed by atoms with E-state index in [4.69, 9.17) is 0 Å². The summed E-state index contributed by atoms with van der Waals surface area (Å²) in [5.74, 6) is -1.46. The molecule has 0 amide bonds. The van der Waals surface area contributed by atoms with Crippen molar-refractivity contribution in [2.75, 3.05) is 0 Å². The highest BCUT2D eigenvalue weighted by atomic mass is 16.6. The van der Waals surface area contributed by atoms with Crippen molar-refractivity contribution in [2.45, 2.75) is 0 Å². The number of ether oxygens (including phenoxy) is 1. The molecule has 0 unspecified atom stereocenters. The van der Waals surface area contributed by atoms with Crippen molar-refractivity contribution in [3.8, 4) is 0 Å². The van der Waals surface area contributed by atoms with Crippen LogP contribution in [0.5, 0.6) is 0 Å². The summed E-state index contributed by atoms with van der Waals surface area (Å²) in [4.78, 5) is 21.6. The van der Waals surface area contributed by atoms with E-state index in [0.717, 1.165) is 11.6 Å². The van der Waals surface area contributed by atoms with Crippen LogP contribution in [0.3, 0.4) is 0 Å². The third kappa shape index (κ3) is 4.04. The Morgan fingerprint density at radius 1 is 1.13 bits per heavy atom. The molecule has 0 aliphatic heterocycles. The molecule has 0 saturated carbocycles. The van der Waals surface area contributed by atoms with Gasteiger partial charge in [0.2, 0.25) is 0 Å². The van der Waals surface area contributed by atoms with Crippen LogP contribution in [0.2, 0.25) is 0 Å². The van der Waals surface area contributed by atoms with Gasteiger partial charge in [-0.2, -0.15) is 0 Å². The molecule has 0 saturated heterocycles. The molecule has 1 aromatic carbocycles. The number of carbonyl (C=O) groups is 2. The lowest BCUT2D eigenvalue weighted by molar-refractivity contribution is -0.152. The van der Waals surface area contributed by atoms with Gasteiger partial charge in [-0.1, -0.05) is 36.9 Å². The molecule has 1 rings (SSSR count). The molecule has 0 aliphatic rings. The number of rotatable bonds is 3. The van der Waals surface area contributed by atoms with Crippen LogP contribution in [0.25, 0.3) is 6.08 Å². The van der Waals surface area contributed by atoms with E-state index < -0.39 is 11.9 Å². The molecule has 3 nitrogen and oxygen atoms in total. The Morgan fingerprint density at radius 2 is 1.80 bits per heavy atom. The van der Waals surface area contributed by atoms with Crippen molar-refractivity contribution in [1.82, 2.24) is 0 Å². The van der Waals surface area contributed by atoms with Crippen molar-refractivity contribution in [2.24, 2.45) is 0 Å². The number of benzene rings is 1. The van der Waals surface area contributed by atoms with E-state index in [-0.39, 0.29) is 0 Å². The Labute approximate surface area is 87.7 Å². The first-order chi connectivity index (χ1) is 7.22. The predicted molar refractivity (Wildman–Crippen MR) is 56.8 cm³/mol. The molecule has 15 heavy (non-hydrogen) atoms. The largest absolute Gasteiger partial charge is 0.387 e. The van der Waals surface area contributed by atoms with Gasteiger partial charge in [0.25, 0.3) is 0 Å². The third-order valence-electron chi connectivity index (χ3n) is 1.58. The van der Waals surface area contributed by atoms with Gasteiger partial charge in [-0.25, -0.2) is 9.59 Å². The van der Waals surface area contributed by atoms with E-state index in [1.165, 1.54) is 6.08 Å². The summed E-state index contributed by atoms with van der Waals surface area (Å²) in [6.45, 7) is 3.18. The zero-order valence-electron chi connectivity index (χ0n) is 8.05. The lowest BCUT2D eigenvalue weighted by atomic mass is 10.2. The summed E-state index contributed by atoms with van der Waals surface area (Å²) in [6.07, 6.45) is 3.70. The maximum atomic E-state index is 11.0. The van der Waals surface area contributed by atoms with Crippen LogP contribution >= 0.6 is 0 Å². The molecule has 1 aromatic rings. The Bertz CT molecular complexity index is 391. The van der Waals surface area contributed by atoms with Gasteiger partial charge in [-0.3, -0.25) is 0 Å². The number of hydrogen-bond donors (Lipinski definition) is 0. The van der Waals surface area contributed by atoms with Crippen molar-refractivity contribution in [3.63, 3.8) is 0 Å². The summed E-state index contributed by atoms with van der Waals surface area (Å²) < 4.78 is 4.34. The minimum atomic E-state index is -0.752. The SMILES string of the molecule is C=CC(=O)OC(=O)/C=C/c1ccccc1. The first kappa shape index (κ1) is 10.9. The first-order valence-electron chi connectivity index (χ1n) is 4.33. The number of carbonyl (C=O) groups excluding carboxylic acids is 2. The van der Waals surface area contributed by atoms with E-state index in [0.29, 0.717) is 0 Å². The Morgan fingerprint density at radius 3 is 2.40 bits per heavy atom. The van der Waals surface area contributed by atoms with Gasteiger partial charge in [0.05, 0.1) is 0 Å². The molecule has 3 heteroatoms. The maximum Gasteiger partial charge on any atom is 0.338 e. The maximum absolute atomic E-state index is 11.0. The Kier molecular flexibility index (Phi) is 4.04. The lowest BCUT2D eigenvalue weighted by Crippen LogP contribution is -2.06. The molecular weight excluding hydrogens is 192 g/mol. The zero-order chi connectivity index (χ0) is 11.1. The van der Waals surface area contributed by atoms with Crippen LogP contribution in [-0.2, 0) is 14.3 Å². The number of esters is 2. The van der Waals surface area contributed by atoms with Crippen LogP contribution in [0, 0.1) is 0 Å². The van der Waals surface area contributed by atoms with Gasteiger partial charge in [0.1, 0.15) is 0 Å². The fourth-order valence-corrected chi connectivity index (χ4v) is 0.903. The summed E-state index contributed by atoms with van der Waals surface area (Å²) in [6, 6.07) is 9.23. The fourth-order valence-electron chi connectivity index (χ4n) is 0.903. The van der Waals surface area contributed by atoms with Crippen LogP contribution in [0.1, 0.15) is 5.56 Å². The summed E-state index contributed by atoms with van der Waals surface area (Å²) >= 11 is 0. The van der Waals surface area contributed by atoms with E-state index in [2.05, 4.69) is 11.3 Å². The van der Waals surface area contributed by atoms with Crippen LogP contribution in [-0.4, -0.2) is 11.9 Å². The highest BCUT2D eigenvalue weighted by Crippen LogP contribution is 2.01. The molecule has 0 radical (unpaired) electrons. The topological polar surface area (TPSA) is 43.4 Å². The minimum Gasteiger partial charge on any atom is -0.387 e. The van der Waals surface area contributed by atoms with Gasteiger partial charge in [-0.15, -0.1) is 0 Å². The predicted octanol–water partition coefficient (Wildman–Crippen LogP) is 1.96. The van der Waals surface area contributed by atoms with Crippen molar-refractivity contribution in [3.05, 3.63) is 54.6 Å². The minimum absolute atomic E-state index is 0.705. The number of hydrogen-bond acceptors (Lipinski definition) is 3. The van der Waals surface area contributed by atoms with Crippen molar-refractivity contribution >= 4 is 18.0 Å². The van der Waals surface area contributed by atoms with Gasteiger partial charge < -0.3 is 4.74 Å². The highest BCUT2D eigenvalue weighted by Gasteiger charge is 2.01. The van der Waals surface area contributed by atoms with Gasteiger partial charge >= 0.3 is 11.9 Å². The van der Waals surface area contributed by atoms with Crippen molar-refractivity contribution < 1.29 is 14.3 Å². The van der Waals surface area contributed by atoms with Crippen LogP contribution in [0.4, 0.5) is 0 Å². The highest BCUT2D eigenvalue weighted by molar-refractivity contribution is 5.98. The van der Waals surface area contributed by atoms with E-state index in [1.807, 2.05) is 30.3 Å². The smallest absolute Gasteiger partial charge is 0.338 e. The lowest BCUT2D eigenvalue weighted by Gasteiger charge is -1.93. The average molecular weight is 202 g/mol. The van der Waals surface area contributed by atoms with Crippen LogP contribution in [0.15, 0.2) is 49.1 Å². The quantitative estimate of drug-likeness (QED) is 0.427. The molecule has 0 aromatic heterocycles. The Hall–Kier alpha value is -2.16. The molecule has 0 N–H and O–H groups in total. The third-order valence-corrected chi connectivity index (χ3v) is 1.58. The van der Waals surface area contributed by atoms with Gasteiger partial charge in [-0.05, 0) is 11.6 Å². The molecule has 0 spiro atoms. The second-order valence-corrected chi connectivity index (χ2v) is 2.69. The first-order valence-corrected chi connectivity index (χ1v) is 4.33. The molecule has 0 aliphatic carbocycles. The average Bonchev–Trinajstić information content (AvgIpc) is 2.27. The molecule has 0 bridgehead atoms. The summed E-state index contributed by atoms with van der Waals surface area (Å²) in [5.41, 5.74) is 0.862. The normalized spacial score (nSPS) is 9.87. The molecule has 0 atom stereocenters. The van der Waals surface area contributed by atoms with E-state index in [9.17, 15) is 9.59 Å². The van der Waals surface area contributed by atoms with Gasteiger partial charge in [0.15, 0.2) is 0 Å². The van der Waals surface area contributed by atoms with Gasteiger partial charge in [0, 0.05) is 12.2 Å². The second-order valence-electron chi connectivity index (χ2n) is 2.69.